The number of likely N-dealkylation sites (N-methyl/N-ethyl adjacent to an activating group) is 1. The third-order valence-corrected chi connectivity index (χ3v) is 4.71. The third-order valence-electron chi connectivity index (χ3n) is 4.71. The molecule has 0 aromatic heterocycles. The first kappa shape index (κ1) is 15.9. The number of β-amino-alcohol motifs (C(OH)–C–C–N with tert-alkyl or cyclic N) is 1. The molecule has 2 atom stereocenters. The van der Waals surface area contributed by atoms with Gasteiger partial charge in [-0.25, -0.2) is 0 Å². The largest absolute Gasteiger partial charge is 0.390 e. The van der Waals surface area contributed by atoms with Crippen molar-refractivity contribution >= 4 is 0 Å². The summed E-state index contributed by atoms with van der Waals surface area (Å²) in [6.07, 6.45) is 2.36. The van der Waals surface area contributed by atoms with Crippen molar-refractivity contribution in [2.45, 2.75) is 31.5 Å². The molecule has 0 bridgehead atoms. The Bertz CT molecular complexity index is 450. The number of aliphatic hydroxyl groups excluding tert-OH is 1. The molecule has 122 valence electrons. The number of benzene rings is 1. The van der Waals surface area contributed by atoms with E-state index in [9.17, 15) is 5.11 Å². The summed E-state index contributed by atoms with van der Waals surface area (Å²) in [7, 11) is 2.08. The van der Waals surface area contributed by atoms with Gasteiger partial charge in [0.25, 0.3) is 0 Å². The standard InChI is InChI=1S/C18H28N2O2/c1-19(11-15-5-3-2-4-6-15)12-17(21)13-20-9-10-22-14-18(20)16-7-8-16/h2-6,16-18,21H,7-14H2,1H3. The van der Waals surface area contributed by atoms with Crippen LogP contribution >= 0.6 is 0 Å². The van der Waals surface area contributed by atoms with Crippen LogP contribution in [-0.2, 0) is 11.3 Å². The molecule has 1 heterocycles. The van der Waals surface area contributed by atoms with Crippen molar-refractivity contribution in [2.75, 3.05) is 39.9 Å². The normalized spacial score (nSPS) is 24.6. The first-order valence-corrected chi connectivity index (χ1v) is 8.44. The summed E-state index contributed by atoms with van der Waals surface area (Å²) in [6.45, 7) is 4.97. The van der Waals surface area contributed by atoms with Crippen LogP contribution in [0.4, 0.5) is 0 Å². The van der Waals surface area contributed by atoms with Crippen molar-refractivity contribution in [2.24, 2.45) is 5.92 Å². The molecule has 1 aliphatic carbocycles. The first-order valence-electron chi connectivity index (χ1n) is 8.44. The summed E-state index contributed by atoms with van der Waals surface area (Å²) >= 11 is 0. The van der Waals surface area contributed by atoms with Crippen LogP contribution in [0.15, 0.2) is 30.3 Å². The van der Waals surface area contributed by atoms with E-state index < -0.39 is 0 Å². The fourth-order valence-corrected chi connectivity index (χ4v) is 3.45. The van der Waals surface area contributed by atoms with E-state index in [1.165, 1.54) is 18.4 Å². The van der Waals surface area contributed by atoms with E-state index >= 15 is 0 Å². The van der Waals surface area contributed by atoms with Crippen molar-refractivity contribution < 1.29 is 9.84 Å². The quantitative estimate of drug-likeness (QED) is 0.830. The molecule has 0 radical (unpaired) electrons. The van der Waals surface area contributed by atoms with Crippen molar-refractivity contribution in [1.82, 2.24) is 9.80 Å². The van der Waals surface area contributed by atoms with Gasteiger partial charge < -0.3 is 9.84 Å². The molecule has 4 nitrogen and oxygen atoms in total. The minimum Gasteiger partial charge on any atom is -0.390 e. The van der Waals surface area contributed by atoms with Gasteiger partial charge in [-0.05, 0) is 31.4 Å². The van der Waals surface area contributed by atoms with Crippen LogP contribution in [0.1, 0.15) is 18.4 Å². The Balaban J connectivity index is 1.45. The smallest absolute Gasteiger partial charge is 0.0793 e. The number of hydrogen-bond donors (Lipinski definition) is 1. The highest BCUT2D eigenvalue weighted by molar-refractivity contribution is 5.14. The van der Waals surface area contributed by atoms with Crippen molar-refractivity contribution in [3.8, 4) is 0 Å². The van der Waals surface area contributed by atoms with Crippen LogP contribution in [-0.4, -0.2) is 66.9 Å². The van der Waals surface area contributed by atoms with Crippen LogP contribution in [0.2, 0.25) is 0 Å². The van der Waals surface area contributed by atoms with E-state index in [1.807, 2.05) is 6.07 Å². The van der Waals surface area contributed by atoms with Crippen LogP contribution in [0.3, 0.4) is 0 Å². The van der Waals surface area contributed by atoms with Crippen LogP contribution < -0.4 is 0 Å². The van der Waals surface area contributed by atoms with E-state index in [2.05, 4.69) is 41.1 Å². The second-order valence-corrected chi connectivity index (χ2v) is 6.81. The average Bonchev–Trinajstić information content (AvgIpc) is 3.33. The molecule has 1 aromatic rings. The minimum atomic E-state index is -0.298. The van der Waals surface area contributed by atoms with Gasteiger partial charge in [0.05, 0.1) is 19.3 Å². The Morgan fingerprint density at radius 3 is 2.82 bits per heavy atom. The van der Waals surface area contributed by atoms with E-state index in [4.69, 9.17) is 4.74 Å². The van der Waals surface area contributed by atoms with Gasteiger partial charge in [0.2, 0.25) is 0 Å². The lowest BCUT2D eigenvalue weighted by Crippen LogP contribution is -2.51. The summed E-state index contributed by atoms with van der Waals surface area (Å²) < 4.78 is 5.62. The van der Waals surface area contributed by atoms with E-state index in [0.29, 0.717) is 12.6 Å². The number of aliphatic hydroxyl groups is 1. The minimum absolute atomic E-state index is 0.298. The molecule has 0 amide bonds. The van der Waals surface area contributed by atoms with Crippen molar-refractivity contribution in [1.29, 1.82) is 0 Å². The van der Waals surface area contributed by atoms with E-state index in [-0.39, 0.29) is 6.10 Å². The Morgan fingerprint density at radius 1 is 1.32 bits per heavy atom. The maximum absolute atomic E-state index is 10.4. The van der Waals surface area contributed by atoms with Crippen LogP contribution in [0.25, 0.3) is 0 Å². The Labute approximate surface area is 133 Å². The molecular weight excluding hydrogens is 276 g/mol. The predicted octanol–water partition coefficient (Wildman–Crippen LogP) is 1.59. The Kier molecular flexibility index (Phi) is 5.47. The lowest BCUT2D eigenvalue weighted by Gasteiger charge is -2.37. The molecule has 1 saturated heterocycles. The molecule has 4 heteroatoms. The van der Waals surface area contributed by atoms with Crippen LogP contribution in [0.5, 0.6) is 0 Å². The molecule has 1 saturated carbocycles. The van der Waals surface area contributed by atoms with E-state index in [1.54, 1.807) is 0 Å². The molecule has 2 unspecified atom stereocenters. The van der Waals surface area contributed by atoms with Gasteiger partial charge in [0.15, 0.2) is 0 Å². The highest BCUT2D eigenvalue weighted by Crippen LogP contribution is 2.36. The molecule has 1 aliphatic heterocycles. The van der Waals surface area contributed by atoms with E-state index in [0.717, 1.165) is 38.8 Å². The zero-order chi connectivity index (χ0) is 15.4. The number of nitrogens with zero attached hydrogens (tertiary/aromatic N) is 2. The summed E-state index contributed by atoms with van der Waals surface area (Å²) in [4.78, 5) is 4.65. The number of ether oxygens (including phenoxy) is 1. The van der Waals surface area contributed by atoms with Crippen molar-refractivity contribution in [3.63, 3.8) is 0 Å². The number of morpholine rings is 1. The average molecular weight is 304 g/mol. The topological polar surface area (TPSA) is 35.9 Å². The lowest BCUT2D eigenvalue weighted by molar-refractivity contribution is -0.0371. The fraction of sp³-hybridized carbons (Fsp3) is 0.667. The van der Waals surface area contributed by atoms with Gasteiger partial charge in [0, 0.05) is 32.2 Å². The fourth-order valence-electron chi connectivity index (χ4n) is 3.45. The molecule has 0 spiro atoms. The molecule has 3 rings (SSSR count). The SMILES string of the molecule is CN(Cc1ccccc1)CC(O)CN1CCOCC1C1CC1. The summed E-state index contributed by atoms with van der Waals surface area (Å²) in [5, 5.41) is 10.4. The maximum atomic E-state index is 10.4. The summed E-state index contributed by atoms with van der Waals surface area (Å²) in [5.41, 5.74) is 1.29. The molecule has 1 aromatic carbocycles. The Morgan fingerprint density at radius 2 is 2.09 bits per heavy atom. The van der Waals surface area contributed by atoms with Gasteiger partial charge >= 0.3 is 0 Å². The predicted molar refractivity (Wildman–Crippen MR) is 87.7 cm³/mol. The second-order valence-electron chi connectivity index (χ2n) is 6.81. The summed E-state index contributed by atoms with van der Waals surface area (Å²) in [5.74, 6) is 0.801. The first-order chi connectivity index (χ1) is 10.7. The zero-order valence-corrected chi connectivity index (χ0v) is 13.5. The number of rotatable bonds is 7. The maximum Gasteiger partial charge on any atom is 0.0793 e. The number of hydrogen-bond acceptors (Lipinski definition) is 4. The Hall–Kier alpha value is -0.940. The van der Waals surface area contributed by atoms with Gasteiger partial charge in [-0.15, -0.1) is 0 Å². The molecular formula is C18H28N2O2. The molecule has 2 fully saturated rings. The molecule has 22 heavy (non-hydrogen) atoms. The van der Waals surface area contributed by atoms with Gasteiger partial charge in [-0.2, -0.15) is 0 Å². The lowest BCUT2D eigenvalue weighted by atomic mass is 10.1. The zero-order valence-electron chi connectivity index (χ0n) is 13.5. The van der Waals surface area contributed by atoms with Crippen molar-refractivity contribution in [3.05, 3.63) is 35.9 Å². The monoisotopic (exact) mass is 304 g/mol. The van der Waals surface area contributed by atoms with Gasteiger partial charge in [-0.1, -0.05) is 30.3 Å². The second kappa shape index (κ2) is 7.55. The van der Waals surface area contributed by atoms with Gasteiger partial charge in [-0.3, -0.25) is 9.80 Å². The molecule has 1 N–H and O–H groups in total. The highest BCUT2D eigenvalue weighted by Gasteiger charge is 2.37. The highest BCUT2D eigenvalue weighted by atomic mass is 16.5. The van der Waals surface area contributed by atoms with Gasteiger partial charge in [0.1, 0.15) is 0 Å². The third kappa shape index (κ3) is 4.53. The van der Waals surface area contributed by atoms with Crippen LogP contribution in [0, 0.1) is 5.92 Å². The molecule has 2 aliphatic rings. The summed E-state index contributed by atoms with van der Waals surface area (Å²) in [6, 6.07) is 11.0.